The molecule has 0 atom stereocenters. The van der Waals surface area contributed by atoms with Crippen molar-refractivity contribution in [1.29, 1.82) is 0 Å². The van der Waals surface area contributed by atoms with Crippen LogP contribution in [-0.2, 0) is 0 Å². The molecule has 0 aliphatic heterocycles. The summed E-state index contributed by atoms with van der Waals surface area (Å²) in [5.74, 6) is 1.67. The first kappa shape index (κ1) is 11.8. The zero-order valence-corrected chi connectivity index (χ0v) is 9.97. The van der Waals surface area contributed by atoms with E-state index >= 15 is 0 Å². The first-order chi connectivity index (χ1) is 6.72. The van der Waals surface area contributed by atoms with Crippen LogP contribution in [0.1, 0.15) is 46.5 Å². The second-order valence-electron chi connectivity index (χ2n) is 4.89. The predicted octanol–water partition coefficient (Wildman–Crippen LogP) is 3.37. The summed E-state index contributed by atoms with van der Waals surface area (Å²) in [6.07, 6.45) is 8.01. The van der Waals surface area contributed by atoms with Crippen LogP contribution < -0.4 is 5.32 Å². The largest absolute Gasteiger partial charge is 0.313 e. The molecule has 0 unspecified atom stereocenters. The van der Waals surface area contributed by atoms with Gasteiger partial charge in [0.25, 0.3) is 0 Å². The van der Waals surface area contributed by atoms with Gasteiger partial charge < -0.3 is 5.32 Å². The topological polar surface area (TPSA) is 12.0 Å². The number of allylic oxidation sites excluding steroid dienone is 1. The summed E-state index contributed by atoms with van der Waals surface area (Å²) in [5.41, 5.74) is 1.61. The third kappa shape index (κ3) is 4.28. The molecule has 1 fully saturated rings. The van der Waals surface area contributed by atoms with Crippen molar-refractivity contribution >= 4 is 0 Å². The van der Waals surface area contributed by atoms with E-state index in [-0.39, 0.29) is 0 Å². The van der Waals surface area contributed by atoms with Gasteiger partial charge in [-0.25, -0.2) is 0 Å². The minimum Gasteiger partial charge on any atom is -0.313 e. The van der Waals surface area contributed by atoms with Crippen LogP contribution in [0, 0.1) is 11.8 Å². The van der Waals surface area contributed by atoms with E-state index < -0.39 is 0 Å². The lowest BCUT2D eigenvalue weighted by Crippen LogP contribution is -2.22. The van der Waals surface area contributed by atoms with E-state index in [1.165, 1.54) is 25.7 Å². The van der Waals surface area contributed by atoms with E-state index in [4.69, 9.17) is 0 Å². The average molecular weight is 195 g/mol. The van der Waals surface area contributed by atoms with Gasteiger partial charge in [-0.1, -0.05) is 38.8 Å². The fraction of sp³-hybridized carbons (Fsp3) is 0.846. The molecule has 1 heteroatoms. The highest BCUT2D eigenvalue weighted by Gasteiger charge is 2.14. The lowest BCUT2D eigenvalue weighted by molar-refractivity contribution is 0.384. The van der Waals surface area contributed by atoms with Crippen molar-refractivity contribution in [3.8, 4) is 0 Å². The number of nitrogens with one attached hydrogen (secondary N) is 1. The Bertz CT molecular complexity index is 178. The zero-order valence-electron chi connectivity index (χ0n) is 9.97. The van der Waals surface area contributed by atoms with E-state index in [0.717, 1.165) is 24.9 Å². The quantitative estimate of drug-likeness (QED) is 0.641. The molecular formula is C13H25N. The number of rotatable bonds is 6. The highest BCUT2D eigenvalue weighted by molar-refractivity contribution is 5.07. The molecule has 0 amide bonds. The van der Waals surface area contributed by atoms with Gasteiger partial charge in [0.05, 0.1) is 0 Å². The second kappa shape index (κ2) is 6.23. The van der Waals surface area contributed by atoms with Crippen LogP contribution in [-0.4, -0.2) is 13.1 Å². The van der Waals surface area contributed by atoms with Crippen LogP contribution in [0.4, 0.5) is 0 Å². The molecule has 1 aliphatic carbocycles. The van der Waals surface area contributed by atoms with Crippen molar-refractivity contribution in [2.24, 2.45) is 11.8 Å². The molecule has 1 nitrogen and oxygen atoms in total. The normalized spacial score (nSPS) is 18.7. The molecule has 1 aliphatic rings. The predicted molar refractivity (Wildman–Crippen MR) is 63.4 cm³/mol. The van der Waals surface area contributed by atoms with Crippen LogP contribution in [0.2, 0.25) is 0 Å². The average Bonchev–Trinajstić information content (AvgIpc) is 2.07. The lowest BCUT2D eigenvalue weighted by atomic mass is 9.84. The van der Waals surface area contributed by atoms with E-state index in [9.17, 15) is 0 Å². The van der Waals surface area contributed by atoms with Gasteiger partial charge in [-0.3, -0.25) is 0 Å². The minimum absolute atomic E-state index is 0.761. The minimum atomic E-state index is 0.761. The second-order valence-corrected chi connectivity index (χ2v) is 4.89. The number of hydrogen-bond donors (Lipinski definition) is 1. The van der Waals surface area contributed by atoms with Gasteiger partial charge in [0.15, 0.2) is 0 Å². The highest BCUT2D eigenvalue weighted by Crippen LogP contribution is 2.28. The van der Waals surface area contributed by atoms with Crippen LogP contribution >= 0.6 is 0 Å². The van der Waals surface area contributed by atoms with Crippen molar-refractivity contribution in [1.82, 2.24) is 5.32 Å². The van der Waals surface area contributed by atoms with Gasteiger partial charge in [-0.2, -0.15) is 0 Å². The fourth-order valence-electron chi connectivity index (χ4n) is 1.76. The number of hydrogen-bond acceptors (Lipinski definition) is 1. The Kier molecular flexibility index (Phi) is 5.24. The van der Waals surface area contributed by atoms with Crippen molar-refractivity contribution < 1.29 is 0 Å². The SMILES string of the molecule is CCC(=CC1CCC1)CNCC(C)C. The van der Waals surface area contributed by atoms with Gasteiger partial charge in [0.2, 0.25) is 0 Å². The molecule has 1 rings (SSSR count). The van der Waals surface area contributed by atoms with Crippen LogP contribution in [0.3, 0.4) is 0 Å². The molecule has 0 heterocycles. The van der Waals surface area contributed by atoms with E-state index in [2.05, 4.69) is 32.2 Å². The van der Waals surface area contributed by atoms with Crippen molar-refractivity contribution in [2.75, 3.05) is 13.1 Å². The highest BCUT2D eigenvalue weighted by atomic mass is 14.9. The van der Waals surface area contributed by atoms with Gasteiger partial charge in [0.1, 0.15) is 0 Å². The Morgan fingerprint density at radius 1 is 1.43 bits per heavy atom. The Morgan fingerprint density at radius 3 is 2.57 bits per heavy atom. The van der Waals surface area contributed by atoms with E-state index in [0.29, 0.717) is 0 Å². The summed E-state index contributed by atoms with van der Waals surface area (Å²) in [6.45, 7) is 9.03. The summed E-state index contributed by atoms with van der Waals surface area (Å²) in [5, 5.41) is 3.52. The molecule has 0 aromatic rings. The van der Waals surface area contributed by atoms with Gasteiger partial charge in [-0.05, 0) is 37.6 Å². The van der Waals surface area contributed by atoms with Crippen molar-refractivity contribution in [3.05, 3.63) is 11.6 Å². The molecule has 0 radical (unpaired) electrons. The molecule has 1 N–H and O–H groups in total. The lowest BCUT2D eigenvalue weighted by Gasteiger charge is -2.23. The zero-order chi connectivity index (χ0) is 10.4. The Morgan fingerprint density at radius 2 is 2.14 bits per heavy atom. The van der Waals surface area contributed by atoms with Crippen LogP contribution in [0.15, 0.2) is 11.6 Å². The van der Waals surface area contributed by atoms with Crippen LogP contribution in [0.25, 0.3) is 0 Å². The van der Waals surface area contributed by atoms with Gasteiger partial charge in [0, 0.05) is 6.54 Å². The maximum absolute atomic E-state index is 3.52. The molecule has 1 saturated carbocycles. The summed E-state index contributed by atoms with van der Waals surface area (Å²) in [6, 6.07) is 0. The molecule has 0 aromatic heterocycles. The molecular weight excluding hydrogens is 170 g/mol. The molecule has 14 heavy (non-hydrogen) atoms. The van der Waals surface area contributed by atoms with Crippen molar-refractivity contribution in [2.45, 2.75) is 46.5 Å². The summed E-state index contributed by atoms with van der Waals surface area (Å²) in [7, 11) is 0. The molecule has 0 aromatic carbocycles. The summed E-state index contributed by atoms with van der Waals surface area (Å²) >= 11 is 0. The summed E-state index contributed by atoms with van der Waals surface area (Å²) < 4.78 is 0. The molecule has 0 bridgehead atoms. The van der Waals surface area contributed by atoms with E-state index in [1.807, 2.05) is 0 Å². The monoisotopic (exact) mass is 195 g/mol. The Hall–Kier alpha value is -0.300. The maximum atomic E-state index is 3.52. The molecule has 0 saturated heterocycles. The van der Waals surface area contributed by atoms with Crippen LogP contribution in [0.5, 0.6) is 0 Å². The van der Waals surface area contributed by atoms with Gasteiger partial charge >= 0.3 is 0 Å². The first-order valence-electron chi connectivity index (χ1n) is 6.12. The summed E-state index contributed by atoms with van der Waals surface area (Å²) in [4.78, 5) is 0. The van der Waals surface area contributed by atoms with Crippen molar-refractivity contribution in [3.63, 3.8) is 0 Å². The standard InChI is InChI=1S/C13H25N/c1-4-12(8-13-6-5-7-13)10-14-9-11(2)3/h8,11,13-14H,4-7,9-10H2,1-3H3. The fourth-order valence-corrected chi connectivity index (χ4v) is 1.76. The third-order valence-electron chi connectivity index (χ3n) is 2.98. The maximum Gasteiger partial charge on any atom is 0.0164 e. The smallest absolute Gasteiger partial charge is 0.0164 e. The molecule has 82 valence electrons. The Labute approximate surface area is 89.0 Å². The van der Waals surface area contributed by atoms with Gasteiger partial charge in [-0.15, -0.1) is 0 Å². The third-order valence-corrected chi connectivity index (χ3v) is 2.98. The Balaban J connectivity index is 2.20. The first-order valence-corrected chi connectivity index (χ1v) is 6.12. The molecule has 0 spiro atoms. The van der Waals surface area contributed by atoms with E-state index in [1.54, 1.807) is 5.57 Å².